The number of nitrogens with zero attached hydrogens (tertiary/aromatic N) is 2. The number of aliphatic carboxylic acids is 1. The highest BCUT2D eigenvalue weighted by molar-refractivity contribution is 5.96. The lowest BCUT2D eigenvalue weighted by Crippen LogP contribution is -2.36. The Labute approximate surface area is 112 Å². The van der Waals surface area contributed by atoms with Crippen LogP contribution in [0.3, 0.4) is 0 Å². The number of terminal acetylenes is 1. The molecule has 0 radical (unpaired) electrons. The van der Waals surface area contributed by atoms with Crippen molar-refractivity contribution < 1.29 is 24.0 Å². The van der Waals surface area contributed by atoms with E-state index in [1.165, 1.54) is 0 Å². The second-order valence-corrected chi connectivity index (χ2v) is 3.68. The van der Waals surface area contributed by atoms with E-state index in [4.69, 9.17) is 11.5 Å². The van der Waals surface area contributed by atoms with Crippen LogP contribution in [0.4, 0.5) is 10.1 Å². The van der Waals surface area contributed by atoms with Crippen LogP contribution in [0, 0.1) is 28.3 Å². The van der Waals surface area contributed by atoms with E-state index in [-0.39, 0.29) is 6.54 Å². The van der Waals surface area contributed by atoms with Crippen molar-refractivity contribution in [2.24, 2.45) is 0 Å². The summed E-state index contributed by atoms with van der Waals surface area (Å²) in [6, 6.07) is 2.45. The Morgan fingerprint density at radius 1 is 1.50 bits per heavy atom. The van der Waals surface area contributed by atoms with Gasteiger partial charge in [0.2, 0.25) is 0 Å². The fraction of sp³-hybridized carbons (Fsp3) is 0.167. The van der Waals surface area contributed by atoms with Crippen LogP contribution in [-0.2, 0) is 4.79 Å². The quantitative estimate of drug-likeness (QED) is 0.490. The summed E-state index contributed by atoms with van der Waals surface area (Å²) in [5.41, 5.74) is -0.993. The Morgan fingerprint density at radius 3 is 2.60 bits per heavy atom. The van der Waals surface area contributed by atoms with Gasteiger partial charge in [-0.1, -0.05) is 5.92 Å². The van der Waals surface area contributed by atoms with Crippen LogP contribution in [0.1, 0.15) is 10.4 Å². The number of carbonyl (C=O) groups is 2. The molecule has 20 heavy (non-hydrogen) atoms. The molecule has 0 aliphatic heterocycles. The zero-order chi connectivity index (χ0) is 15.3. The maximum Gasteiger partial charge on any atom is 0.323 e. The van der Waals surface area contributed by atoms with Gasteiger partial charge in [0.1, 0.15) is 12.4 Å². The Balaban J connectivity index is 3.09. The molecule has 0 atom stereocenters. The van der Waals surface area contributed by atoms with E-state index in [1.54, 1.807) is 0 Å². The number of amides is 1. The third kappa shape index (κ3) is 3.52. The highest BCUT2D eigenvalue weighted by Crippen LogP contribution is 2.18. The van der Waals surface area contributed by atoms with E-state index in [0.29, 0.717) is 6.07 Å². The van der Waals surface area contributed by atoms with Gasteiger partial charge in [0, 0.05) is 6.07 Å². The van der Waals surface area contributed by atoms with Crippen LogP contribution in [0.5, 0.6) is 0 Å². The van der Waals surface area contributed by atoms with E-state index in [9.17, 15) is 24.1 Å². The Hall–Kier alpha value is -2.95. The average Bonchev–Trinajstić information content (AvgIpc) is 2.36. The molecule has 1 aromatic carbocycles. The molecule has 0 fully saturated rings. The van der Waals surface area contributed by atoms with Gasteiger partial charge in [-0.05, 0) is 6.07 Å². The molecule has 1 amide bonds. The molecule has 0 aliphatic rings. The molecule has 0 saturated carbocycles. The van der Waals surface area contributed by atoms with E-state index < -0.39 is 40.4 Å². The van der Waals surface area contributed by atoms with Crippen LogP contribution >= 0.6 is 0 Å². The molecule has 1 aromatic rings. The number of nitro groups is 1. The van der Waals surface area contributed by atoms with Crippen molar-refractivity contribution in [1.82, 2.24) is 4.90 Å². The number of carbonyl (C=O) groups excluding carboxylic acids is 1. The van der Waals surface area contributed by atoms with Crippen molar-refractivity contribution >= 4 is 17.6 Å². The summed E-state index contributed by atoms with van der Waals surface area (Å²) in [5.74, 6) is -1.29. The van der Waals surface area contributed by atoms with Gasteiger partial charge in [-0.15, -0.1) is 6.42 Å². The number of carboxylic acids is 1. The van der Waals surface area contributed by atoms with Crippen LogP contribution < -0.4 is 0 Å². The van der Waals surface area contributed by atoms with Crippen LogP contribution in [0.25, 0.3) is 0 Å². The number of nitro benzene ring substituents is 1. The molecule has 0 spiro atoms. The van der Waals surface area contributed by atoms with Crippen molar-refractivity contribution in [3.63, 3.8) is 0 Å². The predicted octanol–water partition coefficient (Wildman–Crippen LogP) is 0.894. The molecule has 0 aromatic heterocycles. The summed E-state index contributed by atoms with van der Waals surface area (Å²) in [7, 11) is 0. The summed E-state index contributed by atoms with van der Waals surface area (Å²) in [4.78, 5) is 32.9. The molecule has 0 unspecified atom stereocenters. The Kier molecular flexibility index (Phi) is 4.75. The zero-order valence-corrected chi connectivity index (χ0v) is 10.1. The fourth-order valence-electron chi connectivity index (χ4n) is 1.43. The number of hydrogen-bond acceptors (Lipinski definition) is 4. The smallest absolute Gasteiger partial charge is 0.323 e. The molecule has 1 N–H and O–H groups in total. The summed E-state index contributed by atoms with van der Waals surface area (Å²) >= 11 is 0. The van der Waals surface area contributed by atoms with E-state index >= 15 is 0 Å². The SMILES string of the molecule is C#CCN(CC(=O)O)C(=O)c1ccc([N+](=O)[O-])cc1F. The van der Waals surface area contributed by atoms with Gasteiger partial charge in [0.15, 0.2) is 0 Å². The third-order valence-electron chi connectivity index (χ3n) is 2.29. The monoisotopic (exact) mass is 280 g/mol. The standard InChI is InChI=1S/C12H9FN2O5/c1-2-5-14(7-11(16)17)12(18)9-4-3-8(15(19)20)6-10(9)13/h1,3-4,6H,5,7H2,(H,16,17). The third-order valence-corrected chi connectivity index (χ3v) is 2.29. The average molecular weight is 280 g/mol. The number of carboxylic acid groups (broad SMARTS) is 1. The molecular formula is C12H9FN2O5. The lowest BCUT2D eigenvalue weighted by Gasteiger charge is -2.18. The number of hydrogen-bond donors (Lipinski definition) is 1. The summed E-state index contributed by atoms with van der Waals surface area (Å²) in [5, 5.41) is 19.1. The first-order chi connectivity index (χ1) is 9.36. The maximum atomic E-state index is 13.6. The summed E-state index contributed by atoms with van der Waals surface area (Å²) in [6.07, 6.45) is 5.00. The molecule has 0 aliphatic carbocycles. The van der Waals surface area contributed by atoms with Gasteiger partial charge in [-0.25, -0.2) is 4.39 Å². The number of halogens is 1. The van der Waals surface area contributed by atoms with Crippen LogP contribution in [-0.4, -0.2) is 39.9 Å². The van der Waals surface area contributed by atoms with E-state index in [1.807, 2.05) is 0 Å². The van der Waals surface area contributed by atoms with Gasteiger partial charge in [0.05, 0.1) is 23.1 Å². The second kappa shape index (κ2) is 6.29. The highest BCUT2D eigenvalue weighted by Gasteiger charge is 2.22. The minimum absolute atomic E-state index is 0.318. The van der Waals surface area contributed by atoms with Crippen molar-refractivity contribution in [3.05, 3.63) is 39.7 Å². The maximum absolute atomic E-state index is 13.6. The lowest BCUT2D eigenvalue weighted by atomic mass is 10.1. The predicted molar refractivity (Wildman–Crippen MR) is 65.4 cm³/mol. The molecule has 7 nitrogen and oxygen atoms in total. The normalized spacial score (nSPS) is 9.60. The van der Waals surface area contributed by atoms with Gasteiger partial charge in [-0.3, -0.25) is 19.7 Å². The first-order valence-electron chi connectivity index (χ1n) is 5.25. The van der Waals surface area contributed by atoms with Crippen molar-refractivity contribution in [3.8, 4) is 12.3 Å². The highest BCUT2D eigenvalue weighted by atomic mass is 19.1. The number of rotatable bonds is 5. The van der Waals surface area contributed by atoms with Crippen molar-refractivity contribution in [1.29, 1.82) is 0 Å². The molecule has 8 heteroatoms. The second-order valence-electron chi connectivity index (χ2n) is 3.68. The van der Waals surface area contributed by atoms with Crippen LogP contribution in [0.2, 0.25) is 0 Å². The fourth-order valence-corrected chi connectivity index (χ4v) is 1.43. The van der Waals surface area contributed by atoms with Gasteiger partial charge in [0.25, 0.3) is 11.6 Å². The zero-order valence-electron chi connectivity index (χ0n) is 10.1. The molecule has 1 rings (SSSR count). The largest absolute Gasteiger partial charge is 0.480 e. The van der Waals surface area contributed by atoms with Crippen molar-refractivity contribution in [2.45, 2.75) is 0 Å². The molecule has 104 valence electrons. The number of non-ortho nitro benzene ring substituents is 1. The molecule has 0 bridgehead atoms. The number of benzene rings is 1. The van der Waals surface area contributed by atoms with Crippen LogP contribution in [0.15, 0.2) is 18.2 Å². The topological polar surface area (TPSA) is 101 Å². The first-order valence-corrected chi connectivity index (χ1v) is 5.25. The minimum atomic E-state index is -1.31. The minimum Gasteiger partial charge on any atom is -0.480 e. The first kappa shape index (κ1) is 15.1. The van der Waals surface area contributed by atoms with Crippen molar-refractivity contribution in [2.75, 3.05) is 13.1 Å². The van der Waals surface area contributed by atoms with Gasteiger partial charge in [-0.2, -0.15) is 0 Å². The Morgan fingerprint density at radius 2 is 2.15 bits per heavy atom. The lowest BCUT2D eigenvalue weighted by molar-refractivity contribution is -0.385. The van der Waals surface area contributed by atoms with Gasteiger partial charge < -0.3 is 10.0 Å². The molecule has 0 heterocycles. The molecule has 0 saturated heterocycles. The Bertz CT molecular complexity index is 608. The van der Waals surface area contributed by atoms with E-state index in [0.717, 1.165) is 17.0 Å². The summed E-state index contributed by atoms with van der Waals surface area (Å²) < 4.78 is 13.6. The molecular weight excluding hydrogens is 271 g/mol. The van der Waals surface area contributed by atoms with Gasteiger partial charge >= 0.3 is 5.97 Å². The van der Waals surface area contributed by atoms with E-state index in [2.05, 4.69) is 5.92 Å². The summed E-state index contributed by atoms with van der Waals surface area (Å²) in [6.45, 7) is -1.01.